The maximum Gasteiger partial charge on any atom is 0.196 e. The molecule has 1 rings (SSSR count). The molecule has 1 aliphatic rings. The lowest BCUT2D eigenvalue weighted by Crippen LogP contribution is -2.61. The number of aliphatic hydroxyl groups is 4. The van der Waals surface area contributed by atoms with Gasteiger partial charge in [-0.25, -0.2) is 0 Å². The first-order chi connectivity index (χ1) is 7.93. The Balaban J connectivity index is 2.85. The quantitative estimate of drug-likeness (QED) is 0.408. The van der Waals surface area contributed by atoms with Crippen molar-refractivity contribution in [3.05, 3.63) is 12.7 Å². The summed E-state index contributed by atoms with van der Waals surface area (Å²) < 4.78 is 9.69. The van der Waals surface area contributed by atoms with Crippen LogP contribution in [0, 0.1) is 0 Å². The van der Waals surface area contributed by atoms with E-state index >= 15 is 0 Å². The molecule has 0 aromatic rings. The van der Waals surface area contributed by atoms with Crippen molar-refractivity contribution in [2.45, 2.75) is 36.8 Å². The molecule has 4 N–H and O–H groups in total. The predicted molar refractivity (Wildman–Crippen MR) is 54.9 cm³/mol. The van der Waals surface area contributed by atoms with Gasteiger partial charge in [0, 0.05) is 7.11 Å². The van der Waals surface area contributed by atoms with Crippen LogP contribution in [0.4, 0.5) is 0 Å². The molecule has 0 saturated carbocycles. The zero-order valence-electron chi connectivity index (χ0n) is 9.26. The van der Waals surface area contributed by atoms with E-state index in [4.69, 9.17) is 9.47 Å². The number of carbonyl (C=O) groups excluding carboxylic acids is 1. The van der Waals surface area contributed by atoms with Gasteiger partial charge in [0.05, 0.1) is 0 Å². The van der Waals surface area contributed by atoms with Gasteiger partial charge in [-0.05, 0) is 0 Å². The standard InChI is InChI=1S/C10H16O7/c1-3-4(11)5(12)9-7(14)6(13)8(15)10(16-2)17-9/h3-4,6-11,13-15H,1H2,2H3/t4?,6-,7-,8+,9+,10-/m0/s1. The first-order valence-electron chi connectivity index (χ1n) is 5.00. The number of Topliss-reactive ketones (excluding diaryl/α,β-unsaturated/α-hetero) is 1. The molecule has 1 aliphatic heterocycles. The molecular formula is C10H16O7. The predicted octanol–water partition coefficient (Wildman–Crippen LogP) is -2.44. The summed E-state index contributed by atoms with van der Waals surface area (Å²) >= 11 is 0. The SMILES string of the molecule is C=CC(O)C(=O)[C@H]1O[C@H](OC)[C@H](O)[C@@H](O)[C@@H]1O. The molecule has 0 spiro atoms. The zero-order valence-corrected chi connectivity index (χ0v) is 9.26. The van der Waals surface area contributed by atoms with E-state index in [2.05, 4.69) is 6.58 Å². The highest BCUT2D eigenvalue weighted by molar-refractivity contribution is 5.89. The third-order valence-electron chi connectivity index (χ3n) is 2.60. The van der Waals surface area contributed by atoms with Crippen molar-refractivity contribution in [1.29, 1.82) is 0 Å². The maximum absolute atomic E-state index is 11.6. The van der Waals surface area contributed by atoms with Gasteiger partial charge in [0.2, 0.25) is 0 Å². The fraction of sp³-hybridized carbons (Fsp3) is 0.700. The molecule has 1 unspecified atom stereocenters. The van der Waals surface area contributed by atoms with Crippen LogP contribution >= 0.6 is 0 Å². The number of aliphatic hydroxyl groups excluding tert-OH is 4. The van der Waals surface area contributed by atoms with Crippen molar-refractivity contribution >= 4 is 5.78 Å². The van der Waals surface area contributed by atoms with Crippen LogP contribution in [0.25, 0.3) is 0 Å². The van der Waals surface area contributed by atoms with Crippen LogP contribution in [0.2, 0.25) is 0 Å². The van der Waals surface area contributed by atoms with Crippen LogP contribution in [-0.4, -0.2) is 70.1 Å². The van der Waals surface area contributed by atoms with Crippen LogP contribution in [0.3, 0.4) is 0 Å². The molecule has 1 heterocycles. The third kappa shape index (κ3) is 2.71. The molecular weight excluding hydrogens is 232 g/mol. The molecule has 7 heteroatoms. The summed E-state index contributed by atoms with van der Waals surface area (Å²) in [6.45, 7) is 3.22. The number of ether oxygens (including phenoxy) is 2. The molecule has 7 nitrogen and oxygen atoms in total. The molecule has 0 aromatic heterocycles. The average Bonchev–Trinajstić information content (AvgIpc) is 2.34. The van der Waals surface area contributed by atoms with Crippen LogP contribution in [0.1, 0.15) is 0 Å². The summed E-state index contributed by atoms with van der Waals surface area (Å²) in [5.41, 5.74) is 0. The molecule has 0 aromatic carbocycles. The van der Waals surface area contributed by atoms with E-state index in [9.17, 15) is 25.2 Å². The number of hydrogen-bond acceptors (Lipinski definition) is 7. The van der Waals surface area contributed by atoms with Gasteiger partial charge >= 0.3 is 0 Å². The van der Waals surface area contributed by atoms with Gasteiger partial charge < -0.3 is 29.9 Å². The van der Waals surface area contributed by atoms with Crippen LogP contribution in [0.5, 0.6) is 0 Å². The summed E-state index contributed by atoms with van der Waals surface area (Å²) in [6.07, 6.45) is -7.99. The molecule has 1 fully saturated rings. The van der Waals surface area contributed by atoms with Gasteiger partial charge in [-0.2, -0.15) is 0 Å². The van der Waals surface area contributed by atoms with Crippen molar-refractivity contribution in [2.75, 3.05) is 7.11 Å². The fourth-order valence-corrected chi connectivity index (χ4v) is 1.56. The topological polar surface area (TPSA) is 116 Å². The second-order valence-corrected chi connectivity index (χ2v) is 3.72. The summed E-state index contributed by atoms with van der Waals surface area (Å²) in [7, 11) is 1.21. The molecule has 17 heavy (non-hydrogen) atoms. The van der Waals surface area contributed by atoms with Crippen molar-refractivity contribution in [3.63, 3.8) is 0 Å². The summed E-state index contributed by atoms with van der Waals surface area (Å²) in [4.78, 5) is 11.6. The fourth-order valence-electron chi connectivity index (χ4n) is 1.56. The van der Waals surface area contributed by atoms with E-state index < -0.39 is 42.6 Å². The van der Waals surface area contributed by atoms with Crippen LogP contribution in [-0.2, 0) is 14.3 Å². The highest BCUT2D eigenvalue weighted by atomic mass is 16.7. The van der Waals surface area contributed by atoms with Crippen LogP contribution < -0.4 is 0 Å². The smallest absolute Gasteiger partial charge is 0.196 e. The maximum atomic E-state index is 11.6. The minimum absolute atomic E-state index is 0.861. The minimum atomic E-state index is -1.64. The average molecular weight is 248 g/mol. The first kappa shape index (κ1) is 14.2. The lowest BCUT2D eigenvalue weighted by molar-refractivity contribution is -0.284. The van der Waals surface area contributed by atoms with Crippen molar-refractivity contribution in [3.8, 4) is 0 Å². The monoisotopic (exact) mass is 248 g/mol. The van der Waals surface area contributed by atoms with Gasteiger partial charge in [-0.15, -0.1) is 6.58 Å². The first-order valence-corrected chi connectivity index (χ1v) is 5.00. The van der Waals surface area contributed by atoms with E-state index in [1.165, 1.54) is 7.11 Å². The summed E-state index contributed by atoms with van der Waals surface area (Å²) in [6, 6.07) is 0. The number of carbonyl (C=O) groups is 1. The van der Waals surface area contributed by atoms with Crippen molar-refractivity contribution < 1.29 is 34.7 Å². The third-order valence-corrected chi connectivity index (χ3v) is 2.60. The zero-order chi connectivity index (χ0) is 13.2. The normalized spacial score (nSPS) is 39.7. The van der Waals surface area contributed by atoms with Gasteiger partial charge in [0.25, 0.3) is 0 Å². The molecule has 0 radical (unpaired) electrons. The number of rotatable bonds is 4. The van der Waals surface area contributed by atoms with Gasteiger partial charge in [-0.3, -0.25) is 4.79 Å². The van der Waals surface area contributed by atoms with E-state index in [0.29, 0.717) is 0 Å². The Morgan fingerprint density at radius 3 is 2.41 bits per heavy atom. The summed E-state index contributed by atoms with van der Waals surface area (Å²) in [5.74, 6) is -0.861. The van der Waals surface area contributed by atoms with E-state index in [-0.39, 0.29) is 0 Å². The number of ketones is 1. The lowest BCUT2D eigenvalue weighted by Gasteiger charge is -2.39. The number of methoxy groups -OCH3 is 1. The Morgan fingerprint density at radius 2 is 1.94 bits per heavy atom. The Morgan fingerprint density at radius 1 is 1.35 bits per heavy atom. The van der Waals surface area contributed by atoms with Gasteiger partial charge in [-0.1, -0.05) is 6.08 Å². The van der Waals surface area contributed by atoms with E-state index in [0.717, 1.165) is 6.08 Å². The summed E-state index contributed by atoms with van der Waals surface area (Å²) in [5, 5.41) is 37.8. The minimum Gasteiger partial charge on any atom is -0.387 e. The molecule has 1 saturated heterocycles. The molecule has 6 atom stereocenters. The van der Waals surface area contributed by atoms with E-state index in [1.54, 1.807) is 0 Å². The highest BCUT2D eigenvalue weighted by Gasteiger charge is 2.47. The lowest BCUT2D eigenvalue weighted by atomic mass is 9.94. The molecule has 0 bridgehead atoms. The highest BCUT2D eigenvalue weighted by Crippen LogP contribution is 2.23. The Bertz CT molecular complexity index is 290. The van der Waals surface area contributed by atoms with Crippen molar-refractivity contribution in [2.24, 2.45) is 0 Å². The van der Waals surface area contributed by atoms with Gasteiger partial charge in [0.15, 0.2) is 18.2 Å². The van der Waals surface area contributed by atoms with Crippen molar-refractivity contribution in [1.82, 2.24) is 0 Å². The largest absolute Gasteiger partial charge is 0.387 e. The Hall–Kier alpha value is -0.830. The molecule has 0 amide bonds. The van der Waals surface area contributed by atoms with Crippen LogP contribution in [0.15, 0.2) is 12.7 Å². The second kappa shape index (κ2) is 5.67. The Kier molecular flexibility index (Phi) is 4.75. The Labute approximate surface area is 97.9 Å². The second-order valence-electron chi connectivity index (χ2n) is 3.72. The van der Waals surface area contributed by atoms with E-state index in [1.807, 2.05) is 0 Å². The van der Waals surface area contributed by atoms with Gasteiger partial charge in [0.1, 0.15) is 24.4 Å². The number of hydrogen-bond donors (Lipinski definition) is 4. The molecule has 98 valence electrons. The molecule has 0 aliphatic carbocycles.